The zero-order valence-corrected chi connectivity index (χ0v) is 12.9. The molecule has 0 saturated heterocycles. The quantitative estimate of drug-likeness (QED) is 0.659. The Balaban J connectivity index is 2.16. The van der Waals surface area contributed by atoms with E-state index >= 15 is 0 Å². The zero-order valence-electron chi connectivity index (χ0n) is 12.9. The highest BCUT2D eigenvalue weighted by Gasteiger charge is 2.32. The second kappa shape index (κ2) is 5.91. The number of hydrogen-bond acceptors (Lipinski definition) is 5. The Kier molecular flexibility index (Phi) is 3.98. The zero-order chi connectivity index (χ0) is 19.1. The molecule has 0 aliphatic carbocycles. The summed E-state index contributed by atoms with van der Waals surface area (Å²) in [5.41, 5.74) is -0.0297. The molecule has 11 heteroatoms. The standard InChI is InChI=1S/C15H8F5N5O/c1-14(16,17)13-23-22-12-5-4-11(24-25(12)13)10-6-9(26-15(18,19)20)3-2-8(10)7-21/h2-6H,1H3. The third kappa shape index (κ3) is 3.39. The molecule has 0 N–H and O–H groups in total. The minimum Gasteiger partial charge on any atom is -0.406 e. The number of halogens is 5. The summed E-state index contributed by atoms with van der Waals surface area (Å²) < 4.78 is 69.0. The maximum atomic E-state index is 13.6. The fourth-order valence-corrected chi connectivity index (χ4v) is 2.24. The molecule has 0 atom stereocenters. The van der Waals surface area contributed by atoms with Crippen molar-refractivity contribution in [3.8, 4) is 23.1 Å². The number of nitrogens with zero attached hydrogens (tertiary/aromatic N) is 5. The van der Waals surface area contributed by atoms with Crippen LogP contribution in [0.15, 0.2) is 30.3 Å². The first kappa shape index (κ1) is 17.5. The van der Waals surface area contributed by atoms with Crippen LogP contribution >= 0.6 is 0 Å². The van der Waals surface area contributed by atoms with Crippen LogP contribution in [-0.2, 0) is 5.92 Å². The van der Waals surface area contributed by atoms with Gasteiger partial charge in [-0.15, -0.1) is 23.4 Å². The van der Waals surface area contributed by atoms with E-state index in [0.717, 1.165) is 22.7 Å². The summed E-state index contributed by atoms with van der Waals surface area (Å²) in [5, 5.41) is 20.0. The number of aromatic nitrogens is 4. The van der Waals surface area contributed by atoms with Gasteiger partial charge in [-0.25, -0.2) is 0 Å². The first-order chi connectivity index (χ1) is 12.1. The van der Waals surface area contributed by atoms with Gasteiger partial charge in [0.2, 0.25) is 5.82 Å². The van der Waals surface area contributed by atoms with Gasteiger partial charge in [-0.1, -0.05) is 0 Å². The van der Waals surface area contributed by atoms with E-state index in [9.17, 15) is 22.0 Å². The van der Waals surface area contributed by atoms with Crippen molar-refractivity contribution in [1.82, 2.24) is 19.8 Å². The molecule has 2 aromatic heterocycles. The van der Waals surface area contributed by atoms with Crippen LogP contribution < -0.4 is 4.74 Å². The minimum absolute atomic E-state index is 0.00995. The van der Waals surface area contributed by atoms with Gasteiger partial charge in [0.15, 0.2) is 5.65 Å². The molecule has 2 heterocycles. The fourth-order valence-electron chi connectivity index (χ4n) is 2.24. The van der Waals surface area contributed by atoms with Gasteiger partial charge >= 0.3 is 12.3 Å². The second-order valence-electron chi connectivity index (χ2n) is 5.27. The predicted octanol–water partition coefficient (Wildman–Crippen LogP) is 3.67. The van der Waals surface area contributed by atoms with Gasteiger partial charge in [0.25, 0.3) is 0 Å². The molecule has 0 saturated carbocycles. The van der Waals surface area contributed by atoms with Crippen molar-refractivity contribution < 1.29 is 26.7 Å². The number of ether oxygens (including phenoxy) is 1. The molecular weight excluding hydrogens is 361 g/mol. The lowest BCUT2D eigenvalue weighted by Crippen LogP contribution is -2.17. The predicted molar refractivity (Wildman–Crippen MR) is 77.2 cm³/mol. The van der Waals surface area contributed by atoms with Crippen LogP contribution in [0.25, 0.3) is 16.9 Å². The molecule has 0 spiro atoms. The summed E-state index contributed by atoms with van der Waals surface area (Å²) >= 11 is 0. The lowest BCUT2D eigenvalue weighted by molar-refractivity contribution is -0.274. The summed E-state index contributed by atoms with van der Waals surface area (Å²) in [6.45, 7) is 0.607. The van der Waals surface area contributed by atoms with Crippen LogP contribution in [0.5, 0.6) is 5.75 Å². The number of nitriles is 1. The van der Waals surface area contributed by atoms with E-state index in [-0.39, 0.29) is 22.5 Å². The van der Waals surface area contributed by atoms with Crippen LogP contribution in [0, 0.1) is 11.3 Å². The molecule has 3 rings (SSSR count). The van der Waals surface area contributed by atoms with Gasteiger partial charge in [0.05, 0.1) is 17.3 Å². The minimum atomic E-state index is -4.92. The second-order valence-corrected chi connectivity index (χ2v) is 5.27. The first-order valence-corrected chi connectivity index (χ1v) is 6.99. The highest BCUT2D eigenvalue weighted by molar-refractivity contribution is 5.69. The maximum Gasteiger partial charge on any atom is 0.573 e. The highest BCUT2D eigenvalue weighted by Crippen LogP contribution is 2.31. The van der Waals surface area contributed by atoms with E-state index in [1.807, 2.05) is 0 Å². The summed E-state index contributed by atoms with van der Waals surface area (Å²) in [4.78, 5) is 0. The molecule has 6 nitrogen and oxygen atoms in total. The fraction of sp³-hybridized carbons (Fsp3) is 0.200. The van der Waals surface area contributed by atoms with Crippen molar-refractivity contribution in [3.05, 3.63) is 41.7 Å². The molecule has 0 unspecified atom stereocenters. The molecule has 26 heavy (non-hydrogen) atoms. The normalized spacial score (nSPS) is 12.2. The van der Waals surface area contributed by atoms with Crippen molar-refractivity contribution in [1.29, 1.82) is 5.26 Å². The van der Waals surface area contributed by atoms with Crippen LogP contribution in [0.4, 0.5) is 22.0 Å². The van der Waals surface area contributed by atoms with Gasteiger partial charge in [0.1, 0.15) is 5.75 Å². The van der Waals surface area contributed by atoms with Crippen molar-refractivity contribution in [2.24, 2.45) is 0 Å². The summed E-state index contributed by atoms with van der Waals surface area (Å²) in [6, 6.07) is 7.48. The Bertz CT molecular complexity index is 1020. The molecular formula is C15H8F5N5O. The Labute approximate surface area is 142 Å². The third-order valence-corrected chi connectivity index (χ3v) is 3.28. The van der Waals surface area contributed by atoms with Gasteiger partial charge in [0, 0.05) is 12.5 Å². The molecule has 0 radical (unpaired) electrons. The summed E-state index contributed by atoms with van der Waals surface area (Å²) in [7, 11) is 0. The first-order valence-electron chi connectivity index (χ1n) is 6.99. The molecule has 1 aromatic carbocycles. The SMILES string of the molecule is CC(F)(F)c1nnc2ccc(-c3cc(OC(F)(F)F)ccc3C#N)nn12. The van der Waals surface area contributed by atoms with Crippen LogP contribution in [-0.4, -0.2) is 26.2 Å². The molecule has 134 valence electrons. The molecule has 0 aliphatic rings. The maximum absolute atomic E-state index is 13.6. The number of fused-ring (bicyclic) bond motifs is 1. The van der Waals surface area contributed by atoms with Crippen molar-refractivity contribution in [2.45, 2.75) is 19.2 Å². The van der Waals surface area contributed by atoms with Crippen molar-refractivity contribution >= 4 is 5.65 Å². The average Bonchev–Trinajstić information content (AvgIpc) is 2.96. The lowest BCUT2D eigenvalue weighted by atomic mass is 10.0. The topological polar surface area (TPSA) is 76.1 Å². The van der Waals surface area contributed by atoms with E-state index in [1.54, 1.807) is 6.07 Å². The molecule has 0 fully saturated rings. The Morgan fingerprint density at radius 1 is 1.08 bits per heavy atom. The van der Waals surface area contributed by atoms with Crippen LogP contribution in [0.1, 0.15) is 18.3 Å². The molecule has 0 aliphatic heterocycles. The Morgan fingerprint density at radius 2 is 1.81 bits per heavy atom. The van der Waals surface area contributed by atoms with Crippen LogP contribution in [0.2, 0.25) is 0 Å². The Hall–Kier alpha value is -3.29. The number of benzene rings is 1. The van der Waals surface area contributed by atoms with E-state index in [0.29, 0.717) is 6.92 Å². The number of rotatable bonds is 3. The summed E-state index contributed by atoms with van der Waals surface area (Å²) in [6.07, 6.45) is -4.92. The number of alkyl halides is 5. The monoisotopic (exact) mass is 369 g/mol. The van der Waals surface area contributed by atoms with E-state index < -0.39 is 23.9 Å². The smallest absolute Gasteiger partial charge is 0.406 e. The Morgan fingerprint density at radius 3 is 2.42 bits per heavy atom. The molecule has 0 bridgehead atoms. The molecule has 0 amide bonds. The number of hydrogen-bond donors (Lipinski definition) is 0. The largest absolute Gasteiger partial charge is 0.573 e. The highest BCUT2D eigenvalue weighted by atomic mass is 19.4. The van der Waals surface area contributed by atoms with Gasteiger partial charge in [-0.3, -0.25) is 0 Å². The average molecular weight is 369 g/mol. The third-order valence-electron chi connectivity index (χ3n) is 3.28. The van der Waals surface area contributed by atoms with Crippen LogP contribution in [0.3, 0.4) is 0 Å². The van der Waals surface area contributed by atoms with E-state index in [4.69, 9.17) is 5.26 Å². The van der Waals surface area contributed by atoms with E-state index in [2.05, 4.69) is 20.0 Å². The van der Waals surface area contributed by atoms with Gasteiger partial charge < -0.3 is 4.74 Å². The van der Waals surface area contributed by atoms with Gasteiger partial charge in [-0.2, -0.15) is 23.7 Å². The van der Waals surface area contributed by atoms with Gasteiger partial charge in [-0.05, 0) is 30.3 Å². The van der Waals surface area contributed by atoms with Crippen molar-refractivity contribution in [3.63, 3.8) is 0 Å². The summed E-state index contributed by atoms with van der Waals surface area (Å²) in [5.74, 6) is -4.65. The van der Waals surface area contributed by atoms with Crippen molar-refractivity contribution in [2.75, 3.05) is 0 Å². The van der Waals surface area contributed by atoms with E-state index in [1.165, 1.54) is 12.1 Å². The lowest BCUT2D eigenvalue weighted by Gasteiger charge is -2.12. The molecule has 3 aromatic rings.